The van der Waals surface area contributed by atoms with E-state index in [-0.39, 0.29) is 30.7 Å². The lowest BCUT2D eigenvalue weighted by Gasteiger charge is -2.39. The Bertz CT molecular complexity index is 1030. The Hall–Kier alpha value is -2.89. The SMILES string of the molecule is CCC(CC(=O)O)c1cc(F)c(N(CC(C)C)C2CCCCC2)c(NC(=O)Cc2ccc(C)cc2)c1. The molecule has 1 fully saturated rings. The summed E-state index contributed by atoms with van der Waals surface area (Å²) in [5.41, 5.74) is 3.50. The van der Waals surface area contributed by atoms with Crippen LogP contribution in [0.3, 0.4) is 0 Å². The second-order valence-electron chi connectivity index (χ2n) is 10.7. The molecule has 2 aromatic carbocycles. The molecule has 1 amide bonds. The van der Waals surface area contributed by atoms with Crippen molar-refractivity contribution in [3.8, 4) is 0 Å². The molecule has 36 heavy (non-hydrogen) atoms. The minimum absolute atomic E-state index is 0.0790. The molecular formula is C30H41FN2O3. The lowest BCUT2D eigenvalue weighted by molar-refractivity contribution is -0.137. The van der Waals surface area contributed by atoms with E-state index in [9.17, 15) is 14.7 Å². The van der Waals surface area contributed by atoms with Crippen LogP contribution in [0.15, 0.2) is 36.4 Å². The molecule has 1 unspecified atom stereocenters. The minimum atomic E-state index is -0.917. The Morgan fingerprint density at radius 2 is 1.78 bits per heavy atom. The van der Waals surface area contributed by atoms with Crippen LogP contribution in [0.25, 0.3) is 0 Å². The largest absolute Gasteiger partial charge is 0.481 e. The molecule has 6 heteroatoms. The third kappa shape index (κ3) is 7.55. The number of nitrogens with one attached hydrogen (secondary N) is 1. The third-order valence-corrected chi connectivity index (χ3v) is 7.09. The van der Waals surface area contributed by atoms with E-state index in [1.165, 1.54) is 12.5 Å². The predicted octanol–water partition coefficient (Wildman–Crippen LogP) is 7.08. The zero-order valence-corrected chi connectivity index (χ0v) is 22.1. The van der Waals surface area contributed by atoms with Gasteiger partial charge in [0.25, 0.3) is 0 Å². The van der Waals surface area contributed by atoms with Crippen LogP contribution in [0.2, 0.25) is 0 Å². The number of aliphatic carboxylic acids is 1. The summed E-state index contributed by atoms with van der Waals surface area (Å²) in [6, 6.07) is 11.3. The maximum absolute atomic E-state index is 16.0. The van der Waals surface area contributed by atoms with Gasteiger partial charge in [-0.25, -0.2) is 4.39 Å². The molecule has 2 N–H and O–H groups in total. The van der Waals surface area contributed by atoms with Crippen molar-refractivity contribution in [2.75, 3.05) is 16.8 Å². The zero-order chi connectivity index (χ0) is 26.2. The highest BCUT2D eigenvalue weighted by Gasteiger charge is 2.28. The van der Waals surface area contributed by atoms with Crippen molar-refractivity contribution in [1.29, 1.82) is 0 Å². The van der Waals surface area contributed by atoms with Crippen LogP contribution in [0.1, 0.15) is 88.3 Å². The minimum Gasteiger partial charge on any atom is -0.481 e. The van der Waals surface area contributed by atoms with Crippen molar-refractivity contribution in [2.24, 2.45) is 5.92 Å². The van der Waals surface area contributed by atoms with E-state index in [1.54, 1.807) is 6.07 Å². The van der Waals surface area contributed by atoms with E-state index in [2.05, 4.69) is 24.1 Å². The van der Waals surface area contributed by atoms with Gasteiger partial charge in [-0.15, -0.1) is 0 Å². The number of carboxylic acids is 1. The number of nitrogens with zero attached hydrogens (tertiary/aromatic N) is 1. The van der Waals surface area contributed by atoms with Gasteiger partial charge in [-0.05, 0) is 61.3 Å². The lowest BCUT2D eigenvalue weighted by Crippen LogP contribution is -2.40. The highest BCUT2D eigenvalue weighted by atomic mass is 19.1. The fourth-order valence-corrected chi connectivity index (χ4v) is 5.25. The maximum atomic E-state index is 16.0. The first-order chi connectivity index (χ1) is 17.2. The molecule has 0 spiro atoms. The van der Waals surface area contributed by atoms with Gasteiger partial charge < -0.3 is 15.3 Å². The summed E-state index contributed by atoms with van der Waals surface area (Å²) in [6.07, 6.45) is 6.11. The average Bonchev–Trinajstić information content (AvgIpc) is 2.83. The Labute approximate surface area is 215 Å². The molecule has 5 nitrogen and oxygen atoms in total. The predicted molar refractivity (Wildman–Crippen MR) is 144 cm³/mol. The van der Waals surface area contributed by atoms with Gasteiger partial charge in [0, 0.05) is 12.6 Å². The first kappa shape index (κ1) is 27.7. The van der Waals surface area contributed by atoms with Gasteiger partial charge in [0.15, 0.2) is 0 Å². The van der Waals surface area contributed by atoms with Crippen molar-refractivity contribution >= 4 is 23.3 Å². The topological polar surface area (TPSA) is 69.6 Å². The van der Waals surface area contributed by atoms with E-state index in [0.29, 0.717) is 35.8 Å². The molecule has 2 aromatic rings. The number of carbonyl (C=O) groups excluding carboxylic acids is 1. The van der Waals surface area contributed by atoms with Crippen molar-refractivity contribution in [1.82, 2.24) is 0 Å². The van der Waals surface area contributed by atoms with Crippen molar-refractivity contribution in [3.63, 3.8) is 0 Å². The highest BCUT2D eigenvalue weighted by molar-refractivity contribution is 5.96. The summed E-state index contributed by atoms with van der Waals surface area (Å²) in [5, 5.41) is 12.4. The monoisotopic (exact) mass is 496 g/mol. The normalized spacial score (nSPS) is 15.1. The number of halogens is 1. The van der Waals surface area contributed by atoms with Gasteiger partial charge in [-0.3, -0.25) is 9.59 Å². The Balaban J connectivity index is 2.02. The summed E-state index contributed by atoms with van der Waals surface area (Å²) >= 11 is 0. The van der Waals surface area contributed by atoms with E-state index >= 15 is 4.39 Å². The van der Waals surface area contributed by atoms with E-state index in [1.807, 2.05) is 38.1 Å². The van der Waals surface area contributed by atoms with Crippen LogP contribution in [0, 0.1) is 18.7 Å². The number of hydrogen-bond acceptors (Lipinski definition) is 3. The molecule has 0 radical (unpaired) electrons. The number of anilines is 2. The quantitative estimate of drug-likeness (QED) is 0.349. The number of aryl methyl sites for hydroxylation is 1. The first-order valence-electron chi connectivity index (χ1n) is 13.3. The van der Waals surface area contributed by atoms with Gasteiger partial charge in [-0.1, -0.05) is 69.9 Å². The Kier molecular flexibility index (Phi) is 9.91. The molecule has 1 aliphatic carbocycles. The Morgan fingerprint density at radius 3 is 2.36 bits per heavy atom. The Morgan fingerprint density at radius 1 is 1.11 bits per heavy atom. The van der Waals surface area contributed by atoms with Crippen LogP contribution in [-0.2, 0) is 16.0 Å². The summed E-state index contributed by atoms with van der Waals surface area (Å²) in [7, 11) is 0. The number of carboxylic acid groups (broad SMARTS) is 1. The average molecular weight is 497 g/mol. The molecule has 0 saturated heterocycles. The van der Waals surface area contributed by atoms with Gasteiger partial charge in [0.2, 0.25) is 5.91 Å². The fraction of sp³-hybridized carbons (Fsp3) is 0.533. The molecule has 1 atom stereocenters. The third-order valence-electron chi connectivity index (χ3n) is 7.09. The van der Waals surface area contributed by atoms with E-state index in [0.717, 1.165) is 36.8 Å². The number of carbonyl (C=O) groups is 2. The lowest BCUT2D eigenvalue weighted by atomic mass is 9.90. The van der Waals surface area contributed by atoms with Crippen LogP contribution in [0.5, 0.6) is 0 Å². The number of hydrogen-bond donors (Lipinski definition) is 2. The second-order valence-corrected chi connectivity index (χ2v) is 10.7. The van der Waals surface area contributed by atoms with Crippen LogP contribution in [-0.4, -0.2) is 29.6 Å². The maximum Gasteiger partial charge on any atom is 0.303 e. The van der Waals surface area contributed by atoms with Crippen molar-refractivity contribution in [2.45, 2.75) is 91.0 Å². The molecule has 1 saturated carbocycles. The van der Waals surface area contributed by atoms with Crippen LogP contribution < -0.4 is 10.2 Å². The molecule has 0 aliphatic heterocycles. The van der Waals surface area contributed by atoms with Crippen LogP contribution >= 0.6 is 0 Å². The fourth-order valence-electron chi connectivity index (χ4n) is 5.25. The molecule has 1 aliphatic rings. The highest BCUT2D eigenvalue weighted by Crippen LogP contribution is 2.39. The second kappa shape index (κ2) is 12.9. The smallest absolute Gasteiger partial charge is 0.303 e. The van der Waals surface area contributed by atoms with Crippen LogP contribution in [0.4, 0.5) is 15.8 Å². The molecule has 0 aromatic heterocycles. The molecule has 0 bridgehead atoms. The molecule has 0 heterocycles. The first-order valence-corrected chi connectivity index (χ1v) is 13.3. The van der Waals surface area contributed by atoms with Crippen molar-refractivity contribution in [3.05, 3.63) is 58.9 Å². The number of rotatable bonds is 11. The summed E-state index contributed by atoms with van der Waals surface area (Å²) in [6.45, 7) is 8.84. The van der Waals surface area contributed by atoms with Gasteiger partial charge in [0.05, 0.1) is 24.2 Å². The van der Waals surface area contributed by atoms with E-state index in [4.69, 9.17) is 0 Å². The number of benzene rings is 2. The summed E-state index contributed by atoms with van der Waals surface area (Å²) in [5.74, 6) is -1.53. The summed E-state index contributed by atoms with van der Waals surface area (Å²) < 4.78 is 16.0. The van der Waals surface area contributed by atoms with E-state index < -0.39 is 11.8 Å². The molecular weight excluding hydrogens is 455 g/mol. The zero-order valence-electron chi connectivity index (χ0n) is 22.1. The van der Waals surface area contributed by atoms with Gasteiger partial charge in [0.1, 0.15) is 5.82 Å². The number of amides is 1. The van der Waals surface area contributed by atoms with Crippen molar-refractivity contribution < 1.29 is 19.1 Å². The van der Waals surface area contributed by atoms with Gasteiger partial charge >= 0.3 is 5.97 Å². The summed E-state index contributed by atoms with van der Waals surface area (Å²) in [4.78, 5) is 26.7. The molecule has 196 valence electrons. The van der Waals surface area contributed by atoms with Gasteiger partial charge in [-0.2, -0.15) is 0 Å². The molecule has 3 rings (SSSR count). The standard InChI is InChI=1S/C30H41FN2O3/c1-5-23(18-29(35)36)24-16-26(31)30(33(19-20(2)3)25-9-7-6-8-10-25)27(17-24)32-28(34)15-22-13-11-21(4)12-14-22/h11-14,16-17,20,23,25H,5-10,15,18-19H2,1-4H3,(H,32,34)(H,35,36).